The van der Waals surface area contributed by atoms with Gasteiger partial charge in [-0.05, 0) is 34.3 Å². The van der Waals surface area contributed by atoms with Crippen LogP contribution in [0.4, 0.5) is 0 Å². The molecule has 0 bridgehead atoms. The van der Waals surface area contributed by atoms with E-state index in [1.807, 2.05) is 6.92 Å². The minimum Gasteiger partial charge on any atom is -0.243 e. The van der Waals surface area contributed by atoms with Crippen molar-refractivity contribution in [3.8, 4) is 0 Å². The zero-order chi connectivity index (χ0) is 9.42. The first kappa shape index (κ1) is 8.23. The fourth-order valence-electron chi connectivity index (χ4n) is 1.48. The number of benzene rings is 1. The number of aromatic nitrogens is 2. The molecule has 0 unspecified atom stereocenters. The molecular weight excluding hydrogens is 164 g/mol. The lowest BCUT2D eigenvalue weighted by Gasteiger charge is -2.04. The zero-order valence-electron chi connectivity index (χ0n) is 8.03. The van der Waals surface area contributed by atoms with Gasteiger partial charge in [-0.3, -0.25) is 0 Å². The predicted molar refractivity (Wildman–Crippen MR) is 50.6 cm³/mol. The number of hydrogen-bond donors (Lipinski definition) is 0. The van der Waals surface area contributed by atoms with Crippen LogP contribution in [0.15, 0.2) is 16.8 Å². The molecule has 3 heteroatoms. The van der Waals surface area contributed by atoms with E-state index >= 15 is 0 Å². The average Bonchev–Trinajstić information content (AvgIpc) is 2.53. The molecule has 0 atom stereocenters. The predicted octanol–water partition coefficient (Wildman–Crippen LogP) is 2.65. The second-order valence-electron chi connectivity index (χ2n) is 3.59. The Morgan fingerprint density at radius 3 is 2.54 bits per heavy atom. The third-order valence-corrected chi connectivity index (χ3v) is 2.27. The van der Waals surface area contributed by atoms with Crippen molar-refractivity contribution < 1.29 is 4.63 Å². The zero-order valence-corrected chi connectivity index (χ0v) is 8.03. The topological polar surface area (TPSA) is 38.9 Å². The summed E-state index contributed by atoms with van der Waals surface area (Å²) >= 11 is 0. The summed E-state index contributed by atoms with van der Waals surface area (Å²) in [6.07, 6.45) is 0. The van der Waals surface area contributed by atoms with Gasteiger partial charge in [-0.1, -0.05) is 26.0 Å². The number of rotatable bonds is 1. The summed E-state index contributed by atoms with van der Waals surface area (Å²) in [5.74, 6) is 0.454. The molecule has 13 heavy (non-hydrogen) atoms. The lowest BCUT2D eigenvalue weighted by molar-refractivity contribution is 0.315. The van der Waals surface area contributed by atoms with Crippen molar-refractivity contribution in [2.24, 2.45) is 0 Å². The van der Waals surface area contributed by atoms with Crippen LogP contribution >= 0.6 is 0 Å². The molecule has 68 valence electrons. The van der Waals surface area contributed by atoms with Crippen LogP contribution in [0, 0.1) is 6.92 Å². The van der Waals surface area contributed by atoms with Crippen molar-refractivity contribution in [2.75, 3.05) is 0 Å². The van der Waals surface area contributed by atoms with Crippen LogP contribution in [-0.2, 0) is 0 Å². The minimum absolute atomic E-state index is 0.454. The third-order valence-electron chi connectivity index (χ3n) is 2.27. The quantitative estimate of drug-likeness (QED) is 0.670. The fourth-order valence-corrected chi connectivity index (χ4v) is 1.48. The van der Waals surface area contributed by atoms with Crippen LogP contribution < -0.4 is 0 Å². The fraction of sp³-hybridized carbons (Fsp3) is 0.400. The Labute approximate surface area is 76.7 Å². The molecule has 0 saturated carbocycles. The lowest BCUT2D eigenvalue weighted by Crippen LogP contribution is -1.90. The molecule has 1 aromatic heterocycles. The van der Waals surface area contributed by atoms with Crippen molar-refractivity contribution in [1.29, 1.82) is 0 Å². The maximum atomic E-state index is 4.74. The maximum absolute atomic E-state index is 4.74. The highest BCUT2D eigenvalue weighted by molar-refractivity contribution is 5.80. The first-order valence-corrected chi connectivity index (χ1v) is 4.42. The molecule has 2 rings (SSSR count). The highest BCUT2D eigenvalue weighted by atomic mass is 16.6. The second-order valence-corrected chi connectivity index (χ2v) is 3.59. The number of aryl methyl sites for hydroxylation is 1. The van der Waals surface area contributed by atoms with E-state index in [1.165, 1.54) is 5.56 Å². The Morgan fingerprint density at radius 2 is 1.85 bits per heavy atom. The summed E-state index contributed by atoms with van der Waals surface area (Å²) in [6, 6.07) is 4.15. The standard InChI is InChI=1S/C10H12N2O/c1-6(2)8-5-4-7(3)9-10(8)12-13-11-9/h4-6H,1-3H3. The van der Waals surface area contributed by atoms with Gasteiger partial charge in [0.05, 0.1) is 0 Å². The first-order valence-electron chi connectivity index (χ1n) is 4.42. The van der Waals surface area contributed by atoms with Gasteiger partial charge in [0, 0.05) is 0 Å². The van der Waals surface area contributed by atoms with Gasteiger partial charge in [-0.2, -0.15) is 0 Å². The molecular formula is C10H12N2O. The molecule has 0 saturated heterocycles. The third kappa shape index (κ3) is 1.20. The summed E-state index contributed by atoms with van der Waals surface area (Å²) in [4.78, 5) is 0. The van der Waals surface area contributed by atoms with Crippen LogP contribution in [0.1, 0.15) is 30.9 Å². The molecule has 0 fully saturated rings. The van der Waals surface area contributed by atoms with Gasteiger partial charge in [0.15, 0.2) is 0 Å². The Bertz CT molecular complexity index is 431. The summed E-state index contributed by atoms with van der Waals surface area (Å²) in [5, 5.41) is 7.79. The summed E-state index contributed by atoms with van der Waals surface area (Å²) in [7, 11) is 0. The van der Waals surface area contributed by atoms with Crippen molar-refractivity contribution in [3.05, 3.63) is 23.3 Å². The molecule has 0 radical (unpaired) electrons. The van der Waals surface area contributed by atoms with E-state index in [2.05, 4.69) is 36.3 Å². The molecule has 3 nitrogen and oxygen atoms in total. The number of hydrogen-bond acceptors (Lipinski definition) is 3. The maximum Gasteiger partial charge on any atom is 0.138 e. The Morgan fingerprint density at radius 1 is 1.15 bits per heavy atom. The van der Waals surface area contributed by atoms with Gasteiger partial charge >= 0.3 is 0 Å². The van der Waals surface area contributed by atoms with E-state index in [4.69, 9.17) is 4.63 Å². The van der Waals surface area contributed by atoms with Gasteiger partial charge in [0.2, 0.25) is 0 Å². The SMILES string of the molecule is Cc1ccc(C(C)C)c2nonc12. The van der Waals surface area contributed by atoms with Crippen molar-refractivity contribution in [1.82, 2.24) is 10.3 Å². The van der Waals surface area contributed by atoms with E-state index in [1.54, 1.807) is 0 Å². The highest BCUT2D eigenvalue weighted by Crippen LogP contribution is 2.24. The molecule has 0 aliphatic heterocycles. The van der Waals surface area contributed by atoms with E-state index in [0.717, 1.165) is 16.6 Å². The molecule has 1 heterocycles. The van der Waals surface area contributed by atoms with E-state index in [9.17, 15) is 0 Å². The van der Waals surface area contributed by atoms with Crippen molar-refractivity contribution >= 4 is 11.0 Å². The van der Waals surface area contributed by atoms with E-state index in [-0.39, 0.29) is 0 Å². The van der Waals surface area contributed by atoms with Crippen LogP contribution in [0.2, 0.25) is 0 Å². The smallest absolute Gasteiger partial charge is 0.138 e. The Kier molecular flexibility index (Phi) is 1.79. The largest absolute Gasteiger partial charge is 0.243 e. The van der Waals surface area contributed by atoms with Gasteiger partial charge in [-0.25, -0.2) is 4.63 Å². The highest BCUT2D eigenvalue weighted by Gasteiger charge is 2.11. The first-order chi connectivity index (χ1) is 6.20. The normalized spacial score (nSPS) is 11.4. The molecule has 0 aliphatic rings. The molecule has 1 aromatic carbocycles. The Balaban J connectivity index is 2.78. The summed E-state index contributed by atoms with van der Waals surface area (Å²) in [6.45, 7) is 6.29. The number of fused-ring (bicyclic) bond motifs is 1. The van der Waals surface area contributed by atoms with Gasteiger partial charge in [0.25, 0.3) is 0 Å². The average molecular weight is 176 g/mol. The molecule has 0 aliphatic carbocycles. The summed E-state index contributed by atoms with van der Waals surface area (Å²) in [5.41, 5.74) is 4.09. The minimum atomic E-state index is 0.454. The monoisotopic (exact) mass is 176 g/mol. The number of nitrogens with zero attached hydrogens (tertiary/aromatic N) is 2. The molecule has 0 N–H and O–H groups in total. The van der Waals surface area contributed by atoms with Gasteiger partial charge < -0.3 is 0 Å². The molecule has 0 amide bonds. The van der Waals surface area contributed by atoms with Crippen LogP contribution in [0.5, 0.6) is 0 Å². The Hall–Kier alpha value is -1.38. The van der Waals surface area contributed by atoms with Gasteiger partial charge in [0.1, 0.15) is 11.0 Å². The molecule has 0 spiro atoms. The summed E-state index contributed by atoms with van der Waals surface area (Å²) < 4.78 is 4.74. The molecule has 2 aromatic rings. The van der Waals surface area contributed by atoms with E-state index < -0.39 is 0 Å². The van der Waals surface area contributed by atoms with Gasteiger partial charge in [-0.15, -0.1) is 0 Å². The second kappa shape index (κ2) is 2.83. The van der Waals surface area contributed by atoms with Crippen LogP contribution in [-0.4, -0.2) is 10.3 Å². The van der Waals surface area contributed by atoms with E-state index in [0.29, 0.717) is 5.92 Å². The van der Waals surface area contributed by atoms with Crippen molar-refractivity contribution in [3.63, 3.8) is 0 Å². The lowest BCUT2D eigenvalue weighted by atomic mass is 10.00. The van der Waals surface area contributed by atoms with Crippen molar-refractivity contribution in [2.45, 2.75) is 26.7 Å². The van der Waals surface area contributed by atoms with Crippen LogP contribution in [0.25, 0.3) is 11.0 Å². The van der Waals surface area contributed by atoms with Crippen LogP contribution in [0.3, 0.4) is 0 Å².